The Kier molecular flexibility index (Phi) is 141. The summed E-state index contributed by atoms with van der Waals surface area (Å²) >= 11 is 0. The van der Waals surface area contributed by atoms with Gasteiger partial charge in [-0.2, -0.15) is 0 Å². The molecule has 0 aromatic carbocycles. The van der Waals surface area contributed by atoms with Crippen molar-refractivity contribution in [2.24, 2.45) is 5.92 Å². The van der Waals surface area contributed by atoms with Crippen molar-refractivity contribution in [3.8, 4) is 0 Å². The van der Waals surface area contributed by atoms with Crippen LogP contribution in [-0.2, 0) is 185 Å². The average molecular weight is 728 g/mol. The Morgan fingerprint density at radius 1 is 0.923 bits per heavy atom. The van der Waals surface area contributed by atoms with Gasteiger partial charge in [0.2, 0.25) is 0 Å². The van der Waals surface area contributed by atoms with Crippen molar-refractivity contribution < 1.29 is 186 Å². The molecular formula is C7H14WY5-4. The largest absolute Gasteiger partial charge is 0.358 e. The zero-order chi connectivity index (χ0) is 6.99. The van der Waals surface area contributed by atoms with Gasteiger partial charge in [-0.3, -0.25) is 0 Å². The molecule has 5 radical (unpaired) electrons. The molecule has 0 atom stereocenters. The van der Waals surface area contributed by atoms with Crippen molar-refractivity contribution in [1.29, 1.82) is 0 Å². The third-order valence-corrected chi connectivity index (χ3v) is 0.816. The van der Waals surface area contributed by atoms with Crippen molar-refractivity contribution in [3.05, 3.63) is 28.2 Å². The second-order valence-corrected chi connectivity index (χ2v) is 1.44. The van der Waals surface area contributed by atoms with Crippen LogP contribution < -0.4 is 0 Å². The average Bonchev–Trinajstić information content (AvgIpc) is 1.91. The second-order valence-electron chi connectivity index (χ2n) is 1.44. The molecular weight excluding hydrogens is 712 g/mol. The van der Waals surface area contributed by atoms with Crippen molar-refractivity contribution in [2.45, 2.75) is 12.8 Å². The molecule has 6 heteroatoms. The summed E-state index contributed by atoms with van der Waals surface area (Å²) in [7, 11) is 2.50. The third kappa shape index (κ3) is 45.9. The summed E-state index contributed by atoms with van der Waals surface area (Å²) in [5.74, 6) is 0.463. The zero-order valence-corrected chi connectivity index (χ0v) is 25.2. The predicted octanol–water partition coefficient (Wildman–Crippen LogP) is 2.32. The van der Waals surface area contributed by atoms with Crippen LogP contribution in [0.15, 0.2) is 0 Å². The molecule has 0 saturated heterocycles. The van der Waals surface area contributed by atoms with Gasteiger partial charge in [-0.05, 0) is 0 Å². The number of hydrogen-bond acceptors (Lipinski definition) is 0. The Labute approximate surface area is 227 Å². The van der Waals surface area contributed by atoms with Crippen molar-refractivity contribution in [1.82, 2.24) is 0 Å². The minimum absolute atomic E-state index is 0. The Hall–Kier alpha value is 6.21. The molecule has 0 aromatic rings. The molecule has 0 fully saturated rings. The van der Waals surface area contributed by atoms with E-state index in [0.29, 0.717) is 5.92 Å². The van der Waals surface area contributed by atoms with E-state index in [-0.39, 0.29) is 185 Å². The molecule has 0 amide bonds. The molecule has 0 aliphatic rings. The summed E-state index contributed by atoms with van der Waals surface area (Å²) in [6, 6.07) is 0. The van der Waals surface area contributed by atoms with Crippen LogP contribution in [0.4, 0.5) is 0 Å². The first-order valence-corrected chi connectivity index (χ1v) is 2.22. The fourth-order valence-corrected chi connectivity index (χ4v) is 0.144. The molecule has 0 aromatic heterocycles. The zero-order valence-electron chi connectivity index (χ0n) is 9.11. The van der Waals surface area contributed by atoms with Gasteiger partial charge in [0, 0.05) is 185 Å². The van der Waals surface area contributed by atoms with Gasteiger partial charge in [-0.25, -0.2) is 20.1 Å². The van der Waals surface area contributed by atoms with E-state index >= 15 is 0 Å². The molecule has 0 unspecified atom stereocenters. The number of rotatable bonds is 2. The summed E-state index contributed by atoms with van der Waals surface area (Å²) in [6.07, 6.45) is 1.81. The number of hydrogen-bond donors (Lipinski definition) is 0. The standard InChI is InChI=1S/C6H11.CH3.W.5Y/c1-4-6(3)5-2;;;;;;;/h6H,1-5H2;1H3;;;;;;/q-3;-1;;;;;;/i;1D;;;;;;. The molecule has 0 bridgehead atoms. The van der Waals surface area contributed by atoms with Gasteiger partial charge in [0.1, 0.15) is 0 Å². The maximum Gasteiger partial charge on any atom is 0 e. The fourth-order valence-electron chi connectivity index (χ4n) is 0.144. The van der Waals surface area contributed by atoms with Crippen LogP contribution in [-0.4, -0.2) is 0 Å². The van der Waals surface area contributed by atoms with E-state index in [0.717, 1.165) is 12.8 Å². The van der Waals surface area contributed by atoms with E-state index in [4.69, 9.17) is 1.37 Å². The first-order chi connectivity index (χ1) is 3.81. The van der Waals surface area contributed by atoms with E-state index in [9.17, 15) is 0 Å². The summed E-state index contributed by atoms with van der Waals surface area (Å²) in [4.78, 5) is 0. The first kappa shape index (κ1) is 42.7. The Morgan fingerprint density at radius 2 is 1.08 bits per heavy atom. The Bertz CT molecular complexity index is 41.3. The van der Waals surface area contributed by atoms with Crippen LogP contribution in [0.3, 0.4) is 0 Å². The summed E-state index contributed by atoms with van der Waals surface area (Å²) in [6.45, 7) is 11.1. The first-order valence-electron chi connectivity index (χ1n) is 2.93. The second kappa shape index (κ2) is 42.9. The van der Waals surface area contributed by atoms with Gasteiger partial charge in [0.15, 0.2) is 0 Å². The molecule has 13 heavy (non-hydrogen) atoms. The Balaban J connectivity index is -0.00000000708. The summed E-state index contributed by atoms with van der Waals surface area (Å²) in [5.41, 5.74) is 0. The van der Waals surface area contributed by atoms with Crippen LogP contribution in [0.1, 0.15) is 14.2 Å². The molecule has 0 aliphatic heterocycles. The van der Waals surface area contributed by atoms with E-state index in [1.807, 2.05) is 0 Å². The van der Waals surface area contributed by atoms with Crippen molar-refractivity contribution in [3.63, 3.8) is 0 Å². The predicted molar refractivity (Wildman–Crippen MR) is 35.2 cm³/mol. The van der Waals surface area contributed by atoms with Crippen molar-refractivity contribution >= 4 is 0 Å². The van der Waals surface area contributed by atoms with Crippen LogP contribution in [0.5, 0.6) is 0 Å². The molecule has 0 saturated carbocycles. The Morgan fingerprint density at radius 3 is 1.08 bits per heavy atom. The van der Waals surface area contributed by atoms with Crippen molar-refractivity contribution in [2.75, 3.05) is 0 Å². The molecule has 67 valence electrons. The third-order valence-electron chi connectivity index (χ3n) is 0.816. The van der Waals surface area contributed by atoms with E-state index in [1.165, 1.54) is 0 Å². The van der Waals surface area contributed by atoms with Gasteiger partial charge in [-0.15, -0.1) is 0 Å². The molecule has 0 nitrogen and oxygen atoms in total. The minimum Gasteiger partial charge on any atom is -0.358 e. The SMILES string of the molecule is [2H][CH2-].[CH2-]CC([CH2-])C[CH2-].[W].[Y].[Y].[Y].[Y].[Y]. The van der Waals surface area contributed by atoms with E-state index in [2.05, 4.69) is 28.2 Å². The maximum atomic E-state index is 5.50. The fraction of sp³-hybridized carbons (Fsp3) is 0.429. The van der Waals surface area contributed by atoms with E-state index < -0.39 is 0 Å². The van der Waals surface area contributed by atoms with Crippen LogP contribution in [0.25, 0.3) is 0 Å². The normalized spacial score (nSPS) is 5.15. The van der Waals surface area contributed by atoms with Crippen LogP contribution >= 0.6 is 0 Å². The van der Waals surface area contributed by atoms with Gasteiger partial charge >= 0.3 is 0 Å². The smallest absolute Gasteiger partial charge is 0 e. The molecule has 0 heterocycles. The van der Waals surface area contributed by atoms with Gasteiger partial charge in [-0.1, -0.05) is 0 Å². The quantitative estimate of drug-likeness (QED) is 0.384. The van der Waals surface area contributed by atoms with Gasteiger partial charge in [0.25, 0.3) is 0 Å². The van der Waals surface area contributed by atoms with Gasteiger partial charge < -0.3 is 28.2 Å². The van der Waals surface area contributed by atoms with E-state index in [1.54, 1.807) is 0 Å². The monoisotopic (exact) mass is 728 g/mol. The van der Waals surface area contributed by atoms with Gasteiger partial charge in [0.05, 0.1) is 0 Å². The molecule has 0 rings (SSSR count). The minimum atomic E-state index is 0. The molecule has 0 N–H and O–H groups in total. The maximum absolute atomic E-state index is 5.50. The summed E-state index contributed by atoms with van der Waals surface area (Å²) in [5, 5.41) is 0. The summed E-state index contributed by atoms with van der Waals surface area (Å²) < 4.78 is 5.50. The topological polar surface area (TPSA) is 0 Å². The molecule has 0 aliphatic carbocycles. The van der Waals surface area contributed by atoms with Crippen LogP contribution in [0.2, 0.25) is 0 Å². The van der Waals surface area contributed by atoms with Crippen LogP contribution in [0, 0.1) is 34.1 Å². The molecule has 0 spiro atoms.